The lowest BCUT2D eigenvalue weighted by Crippen LogP contribution is -2.56. The Labute approximate surface area is 136 Å². The van der Waals surface area contributed by atoms with E-state index in [-0.39, 0.29) is 17.7 Å². The fraction of sp³-hybridized carbons (Fsp3) is 0.588. The van der Waals surface area contributed by atoms with Crippen LogP contribution >= 0.6 is 0 Å². The summed E-state index contributed by atoms with van der Waals surface area (Å²) in [5, 5.41) is 20.7. The standard InChI is InChI=1S/C17H24O6/c1-9-6-7-10(2)14(18)13(9)16(19)23-15-11(3)22-12(21-5)8-17(15,4)20/h6-7,11-12,15,18,20H,8H2,1-5H3/t11-,12-,15+,17+/m0/s1. The third-order valence-electron chi connectivity index (χ3n) is 4.27. The molecule has 1 fully saturated rings. The van der Waals surface area contributed by atoms with Crippen LogP contribution in [0.2, 0.25) is 0 Å². The molecule has 0 radical (unpaired) electrons. The minimum absolute atomic E-state index is 0.103. The van der Waals surface area contributed by atoms with Crippen LogP contribution in [0.3, 0.4) is 0 Å². The second-order valence-electron chi connectivity index (χ2n) is 6.32. The molecule has 2 rings (SSSR count). The van der Waals surface area contributed by atoms with Gasteiger partial charge in [-0.15, -0.1) is 0 Å². The van der Waals surface area contributed by atoms with Crippen LogP contribution < -0.4 is 0 Å². The van der Waals surface area contributed by atoms with Crippen LogP contribution in [-0.2, 0) is 14.2 Å². The Morgan fingerprint density at radius 3 is 2.52 bits per heavy atom. The van der Waals surface area contributed by atoms with Gasteiger partial charge in [0.1, 0.15) is 16.9 Å². The van der Waals surface area contributed by atoms with Crippen LogP contribution in [-0.4, -0.2) is 47.4 Å². The molecule has 6 heteroatoms. The molecule has 0 aromatic heterocycles. The number of hydrogen-bond acceptors (Lipinski definition) is 6. The Bertz CT molecular complexity index is 595. The van der Waals surface area contributed by atoms with Crippen LogP contribution in [0, 0.1) is 13.8 Å². The number of aliphatic hydroxyl groups is 1. The van der Waals surface area contributed by atoms with E-state index in [0.29, 0.717) is 11.1 Å². The van der Waals surface area contributed by atoms with Crippen molar-refractivity contribution in [2.45, 2.75) is 58.2 Å². The largest absolute Gasteiger partial charge is 0.507 e. The quantitative estimate of drug-likeness (QED) is 0.828. The van der Waals surface area contributed by atoms with Crippen LogP contribution in [0.5, 0.6) is 5.75 Å². The van der Waals surface area contributed by atoms with Gasteiger partial charge in [-0.05, 0) is 38.8 Å². The lowest BCUT2D eigenvalue weighted by Gasteiger charge is -2.43. The Morgan fingerprint density at radius 1 is 1.35 bits per heavy atom. The van der Waals surface area contributed by atoms with Crippen molar-refractivity contribution < 1.29 is 29.2 Å². The summed E-state index contributed by atoms with van der Waals surface area (Å²) in [4.78, 5) is 12.5. The number of hydrogen-bond donors (Lipinski definition) is 2. The molecular weight excluding hydrogens is 300 g/mol. The first kappa shape index (κ1) is 17.7. The predicted octanol–water partition coefficient (Wildman–Crippen LogP) is 2.07. The minimum atomic E-state index is -1.29. The summed E-state index contributed by atoms with van der Waals surface area (Å²) in [6.45, 7) is 6.71. The van der Waals surface area contributed by atoms with E-state index in [4.69, 9.17) is 14.2 Å². The van der Waals surface area contributed by atoms with Crippen molar-refractivity contribution in [3.05, 3.63) is 28.8 Å². The van der Waals surface area contributed by atoms with Gasteiger partial charge < -0.3 is 24.4 Å². The fourth-order valence-corrected chi connectivity index (χ4v) is 2.91. The monoisotopic (exact) mass is 324 g/mol. The molecule has 0 amide bonds. The van der Waals surface area contributed by atoms with Gasteiger partial charge in [0, 0.05) is 13.5 Å². The number of aryl methyl sites for hydroxylation is 2. The van der Waals surface area contributed by atoms with Crippen molar-refractivity contribution in [3.8, 4) is 5.75 Å². The van der Waals surface area contributed by atoms with E-state index in [1.165, 1.54) is 7.11 Å². The van der Waals surface area contributed by atoms with Gasteiger partial charge in [0.05, 0.1) is 6.10 Å². The third-order valence-corrected chi connectivity index (χ3v) is 4.27. The molecule has 0 aliphatic carbocycles. The van der Waals surface area contributed by atoms with Crippen molar-refractivity contribution in [3.63, 3.8) is 0 Å². The van der Waals surface area contributed by atoms with Gasteiger partial charge in [-0.25, -0.2) is 4.79 Å². The molecule has 1 aliphatic rings. The molecule has 1 aliphatic heterocycles. The summed E-state index contributed by atoms with van der Waals surface area (Å²) in [5.74, 6) is -0.783. The molecular formula is C17H24O6. The molecule has 128 valence electrons. The van der Waals surface area contributed by atoms with Crippen LogP contribution in [0.15, 0.2) is 12.1 Å². The van der Waals surface area contributed by atoms with Gasteiger partial charge >= 0.3 is 5.97 Å². The Morgan fingerprint density at radius 2 is 1.96 bits per heavy atom. The van der Waals surface area contributed by atoms with Crippen molar-refractivity contribution in [2.24, 2.45) is 0 Å². The normalized spacial score (nSPS) is 31.0. The molecule has 1 saturated heterocycles. The van der Waals surface area contributed by atoms with E-state index in [2.05, 4.69) is 0 Å². The second-order valence-corrected chi connectivity index (χ2v) is 6.32. The topological polar surface area (TPSA) is 85.2 Å². The Hall–Kier alpha value is -1.63. The van der Waals surface area contributed by atoms with Crippen molar-refractivity contribution in [1.29, 1.82) is 0 Å². The van der Waals surface area contributed by atoms with Gasteiger partial charge in [0.15, 0.2) is 12.4 Å². The average Bonchev–Trinajstić information content (AvgIpc) is 2.46. The smallest absolute Gasteiger partial charge is 0.342 e. The van der Waals surface area contributed by atoms with Gasteiger partial charge in [-0.1, -0.05) is 12.1 Å². The molecule has 0 spiro atoms. The highest BCUT2D eigenvalue weighted by Gasteiger charge is 2.47. The van der Waals surface area contributed by atoms with E-state index < -0.39 is 30.1 Å². The van der Waals surface area contributed by atoms with E-state index in [1.807, 2.05) is 0 Å². The summed E-state index contributed by atoms with van der Waals surface area (Å²) in [7, 11) is 1.49. The molecule has 1 aromatic rings. The van der Waals surface area contributed by atoms with E-state index >= 15 is 0 Å². The lowest BCUT2D eigenvalue weighted by molar-refractivity contribution is -0.264. The van der Waals surface area contributed by atoms with Crippen molar-refractivity contribution in [1.82, 2.24) is 0 Å². The highest BCUT2D eigenvalue weighted by molar-refractivity contribution is 5.94. The number of aromatic hydroxyl groups is 1. The predicted molar refractivity (Wildman–Crippen MR) is 83.4 cm³/mol. The number of phenolic OH excluding ortho intramolecular Hbond substituents is 1. The number of rotatable bonds is 3. The maximum absolute atomic E-state index is 12.5. The summed E-state index contributed by atoms with van der Waals surface area (Å²) in [6.07, 6.45) is -1.77. The fourth-order valence-electron chi connectivity index (χ4n) is 2.91. The number of ether oxygens (including phenoxy) is 3. The number of phenols is 1. The van der Waals surface area contributed by atoms with Crippen LogP contribution in [0.4, 0.5) is 0 Å². The third kappa shape index (κ3) is 3.49. The SMILES string of the molecule is CO[C@@H]1C[C@@](C)(O)[C@H](OC(=O)c2c(C)ccc(C)c2O)[C@H](C)O1. The lowest BCUT2D eigenvalue weighted by atomic mass is 9.88. The average molecular weight is 324 g/mol. The van der Waals surface area contributed by atoms with Gasteiger partial charge in [0.2, 0.25) is 0 Å². The molecule has 23 heavy (non-hydrogen) atoms. The Kier molecular flexibility index (Phi) is 4.98. The van der Waals surface area contributed by atoms with Gasteiger partial charge in [-0.3, -0.25) is 0 Å². The highest BCUT2D eigenvalue weighted by Crippen LogP contribution is 2.33. The number of carbonyl (C=O) groups is 1. The highest BCUT2D eigenvalue weighted by atomic mass is 16.7. The summed E-state index contributed by atoms with van der Waals surface area (Å²) < 4.78 is 16.2. The minimum Gasteiger partial charge on any atom is -0.507 e. The first-order valence-corrected chi connectivity index (χ1v) is 7.58. The number of esters is 1. The molecule has 0 bridgehead atoms. The number of benzene rings is 1. The zero-order valence-electron chi connectivity index (χ0n) is 14.1. The number of carbonyl (C=O) groups excluding carboxylic acids is 1. The Balaban J connectivity index is 2.25. The zero-order chi connectivity index (χ0) is 17.4. The molecule has 2 N–H and O–H groups in total. The molecule has 4 atom stereocenters. The van der Waals surface area contributed by atoms with Gasteiger partial charge in [0.25, 0.3) is 0 Å². The summed E-state index contributed by atoms with van der Waals surface area (Å²) in [6, 6.07) is 3.47. The molecule has 0 unspecified atom stereocenters. The summed E-state index contributed by atoms with van der Waals surface area (Å²) in [5.41, 5.74) is 0.0157. The van der Waals surface area contributed by atoms with Crippen molar-refractivity contribution in [2.75, 3.05) is 7.11 Å². The first-order valence-electron chi connectivity index (χ1n) is 7.58. The molecule has 6 nitrogen and oxygen atoms in total. The van der Waals surface area contributed by atoms with E-state index in [9.17, 15) is 15.0 Å². The van der Waals surface area contributed by atoms with Crippen molar-refractivity contribution >= 4 is 5.97 Å². The maximum Gasteiger partial charge on any atom is 0.342 e. The van der Waals surface area contributed by atoms with Gasteiger partial charge in [-0.2, -0.15) is 0 Å². The number of methoxy groups -OCH3 is 1. The zero-order valence-corrected chi connectivity index (χ0v) is 14.1. The second kappa shape index (κ2) is 6.47. The molecule has 1 heterocycles. The van der Waals surface area contributed by atoms with E-state index in [1.54, 1.807) is 39.8 Å². The maximum atomic E-state index is 12.5. The van der Waals surface area contributed by atoms with E-state index in [0.717, 1.165) is 0 Å². The van der Waals surface area contributed by atoms with Crippen LogP contribution in [0.1, 0.15) is 41.8 Å². The van der Waals surface area contributed by atoms with Crippen LogP contribution in [0.25, 0.3) is 0 Å². The first-order chi connectivity index (χ1) is 10.7. The summed E-state index contributed by atoms with van der Waals surface area (Å²) >= 11 is 0. The molecule has 1 aromatic carbocycles. The molecule has 0 saturated carbocycles.